The molecule has 1 rings (SSSR count). The third-order valence-corrected chi connectivity index (χ3v) is 3.49. The van der Waals surface area contributed by atoms with E-state index in [0.29, 0.717) is 6.07 Å². The van der Waals surface area contributed by atoms with Gasteiger partial charge in [0.25, 0.3) is 0 Å². The fourth-order valence-electron chi connectivity index (χ4n) is 1.06. The van der Waals surface area contributed by atoms with Gasteiger partial charge in [-0.15, -0.1) is 0 Å². The van der Waals surface area contributed by atoms with Crippen molar-refractivity contribution in [2.24, 2.45) is 0 Å². The summed E-state index contributed by atoms with van der Waals surface area (Å²) in [5, 5.41) is 0. The first-order valence-electron chi connectivity index (χ1n) is 3.84. The quantitative estimate of drug-likeness (QED) is 0.406. The van der Waals surface area contributed by atoms with Crippen molar-refractivity contribution in [2.75, 3.05) is 0 Å². The first kappa shape index (κ1) is 21.1. The SMILES string of the molecule is C=Cc1ccc(S(=O)(=O)[O-])cc1S(=O)(=O)[O-].[Na+].[Na+]. The van der Waals surface area contributed by atoms with E-state index in [4.69, 9.17) is 0 Å². The molecule has 0 atom stereocenters. The monoisotopic (exact) mass is 308 g/mol. The van der Waals surface area contributed by atoms with E-state index in [1.807, 2.05) is 0 Å². The van der Waals surface area contributed by atoms with Gasteiger partial charge in [-0.1, -0.05) is 18.7 Å². The van der Waals surface area contributed by atoms with Crippen LogP contribution in [0.5, 0.6) is 0 Å². The Labute approximate surface area is 150 Å². The van der Waals surface area contributed by atoms with Gasteiger partial charge in [-0.2, -0.15) is 0 Å². The van der Waals surface area contributed by atoms with Crippen LogP contribution in [-0.2, 0) is 20.2 Å². The van der Waals surface area contributed by atoms with Gasteiger partial charge in [-0.25, -0.2) is 16.8 Å². The molecule has 0 amide bonds. The summed E-state index contributed by atoms with van der Waals surface area (Å²) in [6.45, 7) is 3.27. The zero-order valence-electron chi connectivity index (χ0n) is 9.78. The van der Waals surface area contributed by atoms with E-state index in [1.165, 1.54) is 0 Å². The molecule has 0 heterocycles. The van der Waals surface area contributed by atoms with Crippen molar-refractivity contribution in [2.45, 2.75) is 9.79 Å². The summed E-state index contributed by atoms with van der Waals surface area (Å²) < 4.78 is 64.3. The second-order valence-electron chi connectivity index (χ2n) is 2.81. The molecular formula is C8H6Na2O6S2. The maximum absolute atomic E-state index is 10.8. The second-order valence-corrected chi connectivity index (χ2v) is 5.54. The van der Waals surface area contributed by atoms with Gasteiger partial charge in [-0.3, -0.25) is 0 Å². The van der Waals surface area contributed by atoms with Crippen LogP contribution in [0.2, 0.25) is 0 Å². The van der Waals surface area contributed by atoms with E-state index in [2.05, 4.69) is 6.58 Å². The summed E-state index contributed by atoms with van der Waals surface area (Å²) in [4.78, 5) is -1.55. The van der Waals surface area contributed by atoms with Gasteiger partial charge < -0.3 is 9.11 Å². The van der Waals surface area contributed by atoms with E-state index in [9.17, 15) is 25.9 Å². The van der Waals surface area contributed by atoms with Crippen LogP contribution in [0.1, 0.15) is 5.56 Å². The predicted molar refractivity (Wildman–Crippen MR) is 52.5 cm³/mol. The zero-order chi connectivity index (χ0) is 12.6. The van der Waals surface area contributed by atoms with Crippen LogP contribution in [0.15, 0.2) is 34.6 Å². The van der Waals surface area contributed by atoms with Gasteiger partial charge in [-0.05, 0) is 17.7 Å². The summed E-state index contributed by atoms with van der Waals surface area (Å²) in [5.74, 6) is 0. The minimum atomic E-state index is -4.85. The van der Waals surface area contributed by atoms with Crippen molar-refractivity contribution in [1.82, 2.24) is 0 Å². The molecule has 88 valence electrons. The maximum atomic E-state index is 10.8. The minimum absolute atomic E-state index is 0. The van der Waals surface area contributed by atoms with E-state index < -0.39 is 30.0 Å². The molecule has 0 saturated carbocycles. The molecular weight excluding hydrogens is 302 g/mol. The molecule has 1 aromatic rings. The molecule has 0 spiro atoms. The van der Waals surface area contributed by atoms with Crippen LogP contribution in [0.3, 0.4) is 0 Å². The molecule has 1 aromatic carbocycles. The van der Waals surface area contributed by atoms with Gasteiger partial charge in [0.15, 0.2) is 0 Å². The number of hydrogen-bond acceptors (Lipinski definition) is 6. The fraction of sp³-hybridized carbons (Fsp3) is 0. The van der Waals surface area contributed by atoms with Crippen molar-refractivity contribution < 1.29 is 85.1 Å². The molecule has 0 aliphatic heterocycles. The summed E-state index contributed by atoms with van der Waals surface area (Å²) in [6.07, 6.45) is 1.08. The molecule has 0 N–H and O–H groups in total. The van der Waals surface area contributed by atoms with Crippen LogP contribution in [-0.4, -0.2) is 25.9 Å². The van der Waals surface area contributed by atoms with Crippen LogP contribution < -0.4 is 59.1 Å². The molecule has 18 heavy (non-hydrogen) atoms. The minimum Gasteiger partial charge on any atom is -0.744 e. The van der Waals surface area contributed by atoms with Crippen LogP contribution in [0.4, 0.5) is 0 Å². The zero-order valence-corrected chi connectivity index (χ0v) is 15.4. The predicted octanol–water partition coefficient (Wildman–Crippen LogP) is -5.85. The Hall–Kier alpha value is 0.780. The van der Waals surface area contributed by atoms with E-state index in [0.717, 1.165) is 18.2 Å². The van der Waals surface area contributed by atoms with Crippen LogP contribution in [0.25, 0.3) is 6.08 Å². The molecule has 0 aliphatic rings. The van der Waals surface area contributed by atoms with Crippen molar-refractivity contribution in [3.05, 3.63) is 30.3 Å². The molecule has 0 saturated heterocycles. The van der Waals surface area contributed by atoms with Crippen molar-refractivity contribution in [1.29, 1.82) is 0 Å². The van der Waals surface area contributed by atoms with Gasteiger partial charge in [0.1, 0.15) is 20.2 Å². The number of rotatable bonds is 3. The normalized spacial score (nSPS) is 11.0. The average Bonchev–Trinajstić information content (AvgIpc) is 2.14. The van der Waals surface area contributed by atoms with Crippen LogP contribution >= 0.6 is 0 Å². The Balaban J connectivity index is 0. The van der Waals surface area contributed by atoms with E-state index >= 15 is 0 Å². The van der Waals surface area contributed by atoms with Gasteiger partial charge >= 0.3 is 59.1 Å². The van der Waals surface area contributed by atoms with Gasteiger partial charge in [0.05, 0.1) is 9.79 Å². The molecule has 0 unspecified atom stereocenters. The molecule has 0 fully saturated rings. The smallest absolute Gasteiger partial charge is 0.744 e. The Morgan fingerprint density at radius 3 is 1.83 bits per heavy atom. The third-order valence-electron chi connectivity index (χ3n) is 1.76. The first-order valence-corrected chi connectivity index (χ1v) is 6.66. The third kappa shape index (κ3) is 5.41. The molecule has 10 heteroatoms. The number of hydrogen-bond donors (Lipinski definition) is 0. The number of benzene rings is 1. The standard InChI is InChI=1S/C8H8O6S2.2Na/c1-2-6-3-4-7(15(9,10)11)5-8(6)16(12,13)14;;/h2-5H,1H2,(H,9,10,11)(H,12,13,14);;/q;2*+1/p-2. The average molecular weight is 308 g/mol. The summed E-state index contributed by atoms with van der Waals surface area (Å²) >= 11 is 0. The largest absolute Gasteiger partial charge is 1.00 e. The van der Waals surface area contributed by atoms with Crippen LogP contribution in [0, 0.1) is 0 Å². The molecule has 0 bridgehead atoms. The Kier molecular flexibility index (Phi) is 8.82. The topological polar surface area (TPSA) is 114 Å². The maximum Gasteiger partial charge on any atom is 1.00 e. The van der Waals surface area contributed by atoms with E-state index in [1.54, 1.807) is 0 Å². The fourth-order valence-corrected chi connectivity index (χ4v) is 2.34. The van der Waals surface area contributed by atoms with Crippen molar-refractivity contribution in [3.8, 4) is 0 Å². The van der Waals surface area contributed by atoms with Gasteiger partial charge in [0.2, 0.25) is 0 Å². The Bertz CT molecular complexity index is 636. The first-order chi connectivity index (χ1) is 7.16. The van der Waals surface area contributed by atoms with Crippen molar-refractivity contribution in [3.63, 3.8) is 0 Å². The molecule has 0 aromatic heterocycles. The summed E-state index contributed by atoms with van der Waals surface area (Å²) in [5.41, 5.74) is -0.0533. The Morgan fingerprint density at radius 2 is 1.50 bits per heavy atom. The second kappa shape index (κ2) is 7.53. The molecule has 0 radical (unpaired) electrons. The molecule has 6 nitrogen and oxygen atoms in total. The van der Waals surface area contributed by atoms with Gasteiger partial charge in [0, 0.05) is 0 Å². The Morgan fingerprint density at radius 1 is 1.00 bits per heavy atom. The summed E-state index contributed by atoms with van der Waals surface area (Å²) in [6, 6.07) is 2.47. The molecule has 0 aliphatic carbocycles. The van der Waals surface area contributed by atoms with E-state index in [-0.39, 0.29) is 64.7 Å². The van der Waals surface area contributed by atoms with Crippen molar-refractivity contribution >= 4 is 26.3 Å². The summed E-state index contributed by atoms with van der Waals surface area (Å²) in [7, 11) is -9.65.